The van der Waals surface area contributed by atoms with Crippen LogP contribution >= 0.6 is 0 Å². The number of halogens is 12. The van der Waals surface area contributed by atoms with Crippen molar-refractivity contribution in [1.29, 1.82) is 0 Å². The fraction of sp³-hybridized carbons (Fsp3) is 0.488. The van der Waals surface area contributed by atoms with Gasteiger partial charge in [-0.15, -0.1) is 0 Å². The number of ether oxygens (including phenoxy) is 3. The van der Waals surface area contributed by atoms with Crippen molar-refractivity contribution in [2.45, 2.75) is 326 Å². The largest absolute Gasteiger partial charge is 0.490 e. The molecule has 11 aromatic carbocycles. The van der Waals surface area contributed by atoms with Crippen LogP contribution in [0.2, 0.25) is 0 Å². The van der Waals surface area contributed by atoms with E-state index in [0.29, 0.717) is 82.1 Å². The van der Waals surface area contributed by atoms with Crippen LogP contribution in [0.5, 0.6) is 17.2 Å². The molecule has 774 valence electrons. The quantitative estimate of drug-likeness (QED) is 0.0564. The van der Waals surface area contributed by atoms with Crippen molar-refractivity contribution >= 4 is 0 Å². The van der Waals surface area contributed by atoms with Crippen molar-refractivity contribution in [3.05, 3.63) is 347 Å². The lowest BCUT2D eigenvalue weighted by Gasteiger charge is -2.37. The van der Waals surface area contributed by atoms with Crippen LogP contribution in [-0.2, 0) is 38.9 Å². The minimum Gasteiger partial charge on any atom is -0.490 e. The first-order valence-corrected chi connectivity index (χ1v) is 54.2. The lowest BCUT2D eigenvalue weighted by atomic mass is 9.69. The molecule has 15 heteroatoms. The lowest BCUT2D eigenvalue weighted by Crippen LogP contribution is -2.27. The van der Waals surface area contributed by atoms with Crippen LogP contribution in [0.1, 0.15) is 323 Å². The summed E-state index contributed by atoms with van der Waals surface area (Å²) >= 11 is 0. The molecule has 18 rings (SSSR count). The summed E-state index contributed by atoms with van der Waals surface area (Å²) in [6.45, 7) is 24.2. The highest BCUT2D eigenvalue weighted by atomic mass is 19.2. The minimum absolute atomic E-state index is 0.0385. The van der Waals surface area contributed by atoms with Crippen LogP contribution in [0.25, 0.3) is 22.3 Å². The second-order valence-corrected chi connectivity index (χ2v) is 44.3. The molecule has 0 aromatic heterocycles. The van der Waals surface area contributed by atoms with Gasteiger partial charge >= 0.3 is 0 Å². The van der Waals surface area contributed by atoms with E-state index in [4.69, 9.17) is 14.2 Å². The van der Waals surface area contributed by atoms with Crippen molar-refractivity contribution in [3.8, 4) is 39.5 Å². The number of hydrogen-bond acceptors (Lipinski definition) is 3. The third-order valence-electron chi connectivity index (χ3n) is 33.2. The molecule has 0 spiro atoms. The maximum absolute atomic E-state index is 14.1. The third kappa shape index (κ3) is 32.0. The zero-order valence-corrected chi connectivity index (χ0v) is 87.5. The molecule has 7 fully saturated rings. The highest BCUT2D eigenvalue weighted by Gasteiger charge is 2.34. The van der Waals surface area contributed by atoms with Gasteiger partial charge < -0.3 is 14.2 Å². The first-order chi connectivity index (χ1) is 69.3. The molecule has 11 aromatic rings. The van der Waals surface area contributed by atoms with Gasteiger partial charge in [0, 0.05) is 5.56 Å². The van der Waals surface area contributed by atoms with Crippen molar-refractivity contribution in [3.63, 3.8) is 0 Å². The topological polar surface area (TPSA) is 27.7 Å². The Bertz CT molecular complexity index is 5580. The zero-order valence-electron chi connectivity index (χ0n) is 87.5. The molecule has 0 aliphatic heterocycles. The Morgan fingerprint density at radius 2 is 0.493 bits per heavy atom. The summed E-state index contributed by atoms with van der Waals surface area (Å²) in [6.07, 6.45) is 42.5. The molecule has 0 atom stereocenters. The van der Waals surface area contributed by atoms with Gasteiger partial charge in [0.1, 0.15) is 13.2 Å². The van der Waals surface area contributed by atoms with Crippen molar-refractivity contribution in [1.82, 2.24) is 0 Å². The summed E-state index contributed by atoms with van der Waals surface area (Å²) in [5, 5.41) is 0. The Morgan fingerprint density at radius 3 is 0.896 bits per heavy atom. The molecule has 144 heavy (non-hydrogen) atoms. The molecule has 7 aliphatic carbocycles. The van der Waals surface area contributed by atoms with Crippen LogP contribution in [0.3, 0.4) is 0 Å². The molecule has 3 nitrogen and oxygen atoms in total. The summed E-state index contributed by atoms with van der Waals surface area (Å²) in [4.78, 5) is 0. The fourth-order valence-electron chi connectivity index (χ4n) is 22.7. The molecular weight excluding hydrogens is 1830 g/mol. The zero-order chi connectivity index (χ0) is 103. The average molecular weight is 1980 g/mol. The molecule has 0 N–H and O–H groups in total. The average Bonchev–Trinajstić information content (AvgIpc) is 0.804. The SMILES string of the molecule is Cc1ccc(-c2ccc(CCC3CCC(C)CC3)cc2)c(F)c1F.Cc1ccc(-c2ccc(COc3ccc(C)c(F)c3F)cc2)cc1.Cc1ccc(CCC2CCC(C3CCC(C)CC3)CC2)c(F)c1F.Cc1ccc(CCc2ccc(C3CCC(C)CC3)cc2)c(F)c1F.Cc1ccc(OCC2CCC(C3CCC(C)CC3)CC2)c(F)c1F.Cc1ccc(OCc2ccc(C3CCC(C)CC3)cc2)c(F)c1F. The molecule has 0 saturated heterocycles. The van der Waals surface area contributed by atoms with Gasteiger partial charge in [-0.05, 0) is 373 Å². The highest BCUT2D eigenvalue weighted by molar-refractivity contribution is 5.66. The molecule has 0 bridgehead atoms. The van der Waals surface area contributed by atoms with Gasteiger partial charge in [0.05, 0.1) is 6.61 Å². The van der Waals surface area contributed by atoms with E-state index in [0.717, 1.165) is 119 Å². The predicted molar refractivity (Wildman–Crippen MR) is 565 cm³/mol. The molecule has 0 unspecified atom stereocenters. The Morgan fingerprint density at radius 1 is 0.215 bits per heavy atom. The standard InChI is InChI=1S/C22H32F2.2C22H26F2.C21H30F2O.C21H24F2O.C21H18F2O/c2*1-15-3-9-18(10-4-15)19-12-6-17(7-13-19)8-14-20-11-5-16(2)21(23)22(20)24;1-15-3-6-17(7-4-15)8-9-18-10-12-19(13-11-18)20-14-5-16(2)21(23)22(20)24;3*1-14-3-8-17(9-4-14)18-10-6-16(7-11-18)13-24-19-12-5-15(2)20(22)21(19)23/h5,11,15,17-19H,3-4,6-10,12-14H2,1-2H3;5-7,11-13,15,18H,3-4,8-10,14H2,1-2H3;5,10-15,17H,3-4,6-9H2,1-2H3;5,12,14,16-18H,3-4,6-11,13H2,1-2H3;5-7,10-12,14,17H,3-4,8-9,13H2,1-2H3;3-12H,13H2,1-2H3. The Balaban J connectivity index is 0.000000145. The smallest absolute Gasteiger partial charge is 0.200 e. The summed E-state index contributed by atoms with van der Waals surface area (Å²) in [5.41, 5.74) is 14.7. The summed E-state index contributed by atoms with van der Waals surface area (Å²) in [7, 11) is 0. The maximum Gasteiger partial charge on any atom is 0.200 e. The molecule has 0 amide bonds. The van der Waals surface area contributed by atoms with Gasteiger partial charge in [-0.1, -0.05) is 306 Å². The normalized spacial score (nSPS) is 22.6. The Labute approximate surface area is 852 Å². The first-order valence-electron chi connectivity index (χ1n) is 54.2. The lowest BCUT2D eigenvalue weighted by molar-refractivity contribution is 0.124. The van der Waals surface area contributed by atoms with Gasteiger partial charge in [-0.2, -0.15) is 13.2 Å². The molecular formula is C129H156F12O3. The van der Waals surface area contributed by atoms with Gasteiger partial charge in [-0.3, -0.25) is 0 Å². The van der Waals surface area contributed by atoms with E-state index in [2.05, 4.69) is 114 Å². The maximum atomic E-state index is 14.1. The summed E-state index contributed by atoms with van der Waals surface area (Å²) in [5.74, 6) is 2.10. The second-order valence-electron chi connectivity index (χ2n) is 44.3. The molecule has 7 aliphatic rings. The summed E-state index contributed by atoms with van der Waals surface area (Å²) < 4.78 is 182. The number of benzene rings is 11. The molecule has 0 heterocycles. The minimum atomic E-state index is -0.939. The van der Waals surface area contributed by atoms with Gasteiger partial charge in [0.15, 0.2) is 69.6 Å². The van der Waals surface area contributed by atoms with E-state index in [1.807, 2.05) is 48.5 Å². The Hall–Kier alpha value is -10.0. The first kappa shape index (κ1) is 111. The van der Waals surface area contributed by atoms with E-state index in [-0.39, 0.29) is 41.6 Å². The van der Waals surface area contributed by atoms with E-state index >= 15 is 0 Å². The summed E-state index contributed by atoms with van der Waals surface area (Å²) in [6, 6.07) is 60.3. The fourth-order valence-corrected chi connectivity index (χ4v) is 22.7. The van der Waals surface area contributed by atoms with Gasteiger partial charge in [0.2, 0.25) is 17.5 Å². The van der Waals surface area contributed by atoms with Crippen molar-refractivity contribution < 1.29 is 66.9 Å². The molecule has 0 radical (unpaired) electrons. The van der Waals surface area contributed by atoms with Crippen LogP contribution in [0.15, 0.2) is 194 Å². The van der Waals surface area contributed by atoms with Crippen LogP contribution in [0, 0.1) is 189 Å². The van der Waals surface area contributed by atoms with Gasteiger partial charge in [-0.25, -0.2) is 39.5 Å². The third-order valence-corrected chi connectivity index (χ3v) is 33.2. The van der Waals surface area contributed by atoms with E-state index in [1.165, 1.54) is 239 Å². The van der Waals surface area contributed by atoms with E-state index in [1.54, 1.807) is 76.2 Å². The van der Waals surface area contributed by atoms with Gasteiger partial charge in [0.25, 0.3) is 0 Å². The molecule has 7 saturated carbocycles. The van der Waals surface area contributed by atoms with E-state index < -0.39 is 69.8 Å². The van der Waals surface area contributed by atoms with Crippen molar-refractivity contribution in [2.75, 3.05) is 6.61 Å². The van der Waals surface area contributed by atoms with Crippen LogP contribution in [0.4, 0.5) is 52.7 Å². The van der Waals surface area contributed by atoms with Crippen molar-refractivity contribution in [2.24, 2.45) is 71.0 Å². The Kier molecular flexibility index (Phi) is 42.2. The second kappa shape index (κ2) is 54.6. The number of aryl methyl sites for hydroxylation is 11. The predicted octanol–water partition coefficient (Wildman–Crippen LogP) is 38.1. The number of rotatable bonds is 24. The number of hydrogen-bond donors (Lipinski definition) is 0. The van der Waals surface area contributed by atoms with Crippen LogP contribution < -0.4 is 14.2 Å². The monoisotopic (exact) mass is 1980 g/mol. The van der Waals surface area contributed by atoms with E-state index in [9.17, 15) is 52.7 Å². The van der Waals surface area contributed by atoms with Crippen LogP contribution in [-0.4, -0.2) is 6.61 Å². The highest BCUT2D eigenvalue weighted by Crippen LogP contribution is 2.46.